The summed E-state index contributed by atoms with van der Waals surface area (Å²) in [6.45, 7) is 0. The predicted molar refractivity (Wildman–Crippen MR) is 104 cm³/mol. The van der Waals surface area contributed by atoms with Crippen molar-refractivity contribution < 1.29 is 26.4 Å². The Balaban J connectivity index is 1.69. The highest BCUT2D eigenvalue weighted by Gasteiger charge is 2.36. The van der Waals surface area contributed by atoms with E-state index in [-0.39, 0.29) is 29.0 Å². The molecule has 0 spiro atoms. The summed E-state index contributed by atoms with van der Waals surface area (Å²) in [4.78, 5) is 18.6. The summed E-state index contributed by atoms with van der Waals surface area (Å²) in [5.41, 5.74) is 1.63. The zero-order chi connectivity index (χ0) is 21.5. The molecule has 158 valence electrons. The van der Waals surface area contributed by atoms with Crippen LogP contribution in [0, 0.1) is 5.92 Å². The van der Waals surface area contributed by atoms with E-state index in [0.29, 0.717) is 5.56 Å². The zero-order valence-corrected chi connectivity index (χ0v) is 16.4. The van der Waals surface area contributed by atoms with Crippen molar-refractivity contribution in [2.75, 3.05) is 11.5 Å². The Hall–Kier alpha value is -2.88. The van der Waals surface area contributed by atoms with Gasteiger partial charge in [-0.15, -0.1) is 0 Å². The maximum absolute atomic E-state index is 13.0. The number of aromatic amines is 1. The van der Waals surface area contributed by atoms with Crippen LogP contribution in [0.4, 0.5) is 13.2 Å². The number of nitrogens with zero attached hydrogens (tertiary/aromatic N) is 1. The van der Waals surface area contributed by atoms with Gasteiger partial charge in [-0.1, -0.05) is 36.4 Å². The number of imidazole rings is 1. The number of aromatic nitrogens is 2. The van der Waals surface area contributed by atoms with E-state index in [2.05, 4.69) is 15.3 Å². The molecule has 1 aromatic heterocycles. The van der Waals surface area contributed by atoms with Crippen LogP contribution >= 0.6 is 0 Å². The highest BCUT2D eigenvalue weighted by atomic mass is 32.2. The summed E-state index contributed by atoms with van der Waals surface area (Å²) in [5.74, 6) is -2.36. The van der Waals surface area contributed by atoms with Gasteiger partial charge in [0.2, 0.25) is 11.7 Å². The van der Waals surface area contributed by atoms with E-state index >= 15 is 0 Å². The van der Waals surface area contributed by atoms with Crippen LogP contribution in [0.25, 0.3) is 11.0 Å². The second-order valence-corrected chi connectivity index (χ2v) is 9.54. The number of H-pyrrole nitrogens is 1. The number of amides is 1. The Morgan fingerprint density at radius 2 is 1.87 bits per heavy atom. The molecule has 30 heavy (non-hydrogen) atoms. The van der Waals surface area contributed by atoms with E-state index in [1.165, 1.54) is 12.1 Å². The van der Waals surface area contributed by atoms with Crippen LogP contribution in [0.15, 0.2) is 48.5 Å². The molecule has 0 unspecified atom stereocenters. The second-order valence-electron chi connectivity index (χ2n) is 7.31. The van der Waals surface area contributed by atoms with Gasteiger partial charge in [0.25, 0.3) is 0 Å². The molecule has 1 fully saturated rings. The highest BCUT2D eigenvalue weighted by Crippen LogP contribution is 2.31. The van der Waals surface area contributed by atoms with E-state index in [9.17, 15) is 26.4 Å². The molecule has 4 rings (SSSR count). The van der Waals surface area contributed by atoms with Crippen LogP contribution in [0.5, 0.6) is 0 Å². The van der Waals surface area contributed by atoms with Gasteiger partial charge in [-0.2, -0.15) is 13.2 Å². The van der Waals surface area contributed by atoms with Crippen LogP contribution < -0.4 is 5.32 Å². The first-order valence-electron chi connectivity index (χ1n) is 9.25. The molecule has 2 aromatic carbocycles. The van der Waals surface area contributed by atoms with Gasteiger partial charge in [0.05, 0.1) is 34.5 Å². The van der Waals surface area contributed by atoms with E-state index < -0.39 is 39.7 Å². The molecule has 1 saturated heterocycles. The van der Waals surface area contributed by atoms with E-state index in [1.54, 1.807) is 36.4 Å². The van der Waals surface area contributed by atoms with E-state index in [1.807, 2.05) is 0 Å². The average molecular weight is 437 g/mol. The van der Waals surface area contributed by atoms with Crippen molar-refractivity contribution in [1.29, 1.82) is 0 Å². The van der Waals surface area contributed by atoms with Crippen molar-refractivity contribution in [3.05, 3.63) is 65.5 Å². The molecule has 2 N–H and O–H groups in total. The van der Waals surface area contributed by atoms with Gasteiger partial charge in [0, 0.05) is 0 Å². The molecule has 2 heterocycles. The lowest BCUT2D eigenvalue weighted by molar-refractivity contribution is -0.144. The highest BCUT2D eigenvalue weighted by molar-refractivity contribution is 7.91. The molecule has 6 nitrogen and oxygen atoms in total. The molecule has 0 radical (unpaired) electrons. The fourth-order valence-electron chi connectivity index (χ4n) is 3.61. The van der Waals surface area contributed by atoms with E-state index in [4.69, 9.17) is 0 Å². The smallest absolute Gasteiger partial charge is 0.345 e. The monoisotopic (exact) mass is 437 g/mol. The number of nitrogens with one attached hydrogen (secondary N) is 2. The lowest BCUT2D eigenvalue weighted by atomic mass is 9.97. The minimum absolute atomic E-state index is 0.0264. The maximum Gasteiger partial charge on any atom is 0.449 e. The molecule has 1 aliphatic heterocycles. The van der Waals surface area contributed by atoms with Crippen LogP contribution in [-0.4, -0.2) is 35.8 Å². The number of carbonyl (C=O) groups excluding carboxylic acids is 1. The van der Waals surface area contributed by atoms with E-state index in [0.717, 1.165) is 5.56 Å². The van der Waals surface area contributed by atoms with Crippen LogP contribution in [0.2, 0.25) is 0 Å². The predicted octanol–water partition coefficient (Wildman–Crippen LogP) is 3.22. The van der Waals surface area contributed by atoms with Gasteiger partial charge in [0.1, 0.15) is 0 Å². The number of carbonyl (C=O) groups is 1. The Kier molecular flexibility index (Phi) is 5.05. The van der Waals surface area contributed by atoms with Gasteiger partial charge in [-0.25, -0.2) is 13.4 Å². The third-order valence-corrected chi connectivity index (χ3v) is 6.90. The molecular formula is C20H18F3N3O3S. The number of benzene rings is 2. The fraction of sp³-hybridized carbons (Fsp3) is 0.300. The standard InChI is InChI=1S/C20H18F3N3O3S/c21-20(22,23)19-24-15-7-6-13(10-16(15)25-19)17(12-4-2-1-3-5-12)26-18(27)14-8-9-30(28,29)11-14/h1-7,10,14,17H,8-9,11H2,(H,24,25)(H,26,27)/t14-,17+/m0/s1. The summed E-state index contributed by atoms with van der Waals surface area (Å²) in [6, 6.07) is 12.9. The summed E-state index contributed by atoms with van der Waals surface area (Å²) < 4.78 is 62.3. The molecule has 0 aliphatic carbocycles. The van der Waals surface area contributed by atoms with Crippen molar-refractivity contribution in [3.8, 4) is 0 Å². The van der Waals surface area contributed by atoms with Gasteiger partial charge in [-0.3, -0.25) is 4.79 Å². The average Bonchev–Trinajstić information content (AvgIpc) is 3.29. The van der Waals surface area contributed by atoms with Gasteiger partial charge in [-0.05, 0) is 29.7 Å². The molecular weight excluding hydrogens is 419 g/mol. The molecule has 1 aliphatic rings. The van der Waals surface area contributed by atoms with Crippen molar-refractivity contribution in [1.82, 2.24) is 15.3 Å². The lowest BCUT2D eigenvalue weighted by Crippen LogP contribution is -2.35. The minimum atomic E-state index is -4.60. The third kappa shape index (κ3) is 4.18. The molecule has 10 heteroatoms. The number of fused-ring (bicyclic) bond motifs is 1. The molecule has 0 bridgehead atoms. The molecule has 3 aromatic rings. The zero-order valence-electron chi connectivity index (χ0n) is 15.6. The van der Waals surface area contributed by atoms with Crippen LogP contribution in [0.1, 0.15) is 29.4 Å². The summed E-state index contributed by atoms with van der Waals surface area (Å²) in [5, 5.41) is 2.87. The lowest BCUT2D eigenvalue weighted by Gasteiger charge is -2.21. The Labute approximate surface area is 170 Å². The van der Waals surface area contributed by atoms with Gasteiger partial charge >= 0.3 is 6.18 Å². The molecule has 1 amide bonds. The molecule has 2 atom stereocenters. The van der Waals surface area contributed by atoms with Crippen molar-refractivity contribution in [2.24, 2.45) is 5.92 Å². The Morgan fingerprint density at radius 1 is 1.13 bits per heavy atom. The topological polar surface area (TPSA) is 91.9 Å². The third-order valence-electron chi connectivity index (χ3n) is 5.13. The maximum atomic E-state index is 13.0. The van der Waals surface area contributed by atoms with Crippen LogP contribution in [-0.2, 0) is 20.8 Å². The fourth-order valence-corrected chi connectivity index (χ4v) is 5.35. The second kappa shape index (κ2) is 7.42. The molecule has 0 saturated carbocycles. The van der Waals surface area contributed by atoms with Gasteiger partial charge in [0.15, 0.2) is 9.84 Å². The number of sulfone groups is 1. The summed E-state index contributed by atoms with van der Waals surface area (Å²) in [6.07, 6.45) is -4.34. The number of rotatable bonds is 4. The first kappa shape index (κ1) is 20.4. The van der Waals surface area contributed by atoms with Gasteiger partial charge < -0.3 is 10.3 Å². The Bertz CT molecular complexity index is 1190. The van der Waals surface area contributed by atoms with Crippen molar-refractivity contribution in [2.45, 2.75) is 18.6 Å². The summed E-state index contributed by atoms with van der Waals surface area (Å²) in [7, 11) is -3.23. The largest absolute Gasteiger partial charge is 0.449 e. The first-order chi connectivity index (χ1) is 14.1. The number of halogens is 3. The van der Waals surface area contributed by atoms with Crippen molar-refractivity contribution in [3.63, 3.8) is 0 Å². The van der Waals surface area contributed by atoms with Crippen molar-refractivity contribution >= 4 is 26.8 Å². The number of hydrogen-bond donors (Lipinski definition) is 2. The Morgan fingerprint density at radius 3 is 2.50 bits per heavy atom. The minimum Gasteiger partial charge on any atom is -0.345 e. The number of hydrogen-bond acceptors (Lipinski definition) is 4. The number of alkyl halides is 3. The summed E-state index contributed by atoms with van der Waals surface area (Å²) >= 11 is 0. The normalized spacial score (nSPS) is 19.6. The quantitative estimate of drug-likeness (QED) is 0.656. The first-order valence-corrected chi connectivity index (χ1v) is 11.1. The SMILES string of the molecule is O=C(N[C@H](c1ccccc1)c1ccc2nc(C(F)(F)F)[nH]c2c1)[C@H]1CCS(=O)(=O)C1. The van der Waals surface area contributed by atoms with Crippen LogP contribution in [0.3, 0.4) is 0 Å².